The number of rotatable bonds is 9. The SMILES string of the molecule is C[C@@]12CCC[C@H]1[C@@H]1CC=C3C[C@@H](OC(=O)NCCCCCCOP(C)(=O)O)CC[C@]3(C)[C@H]1CC2. The summed E-state index contributed by atoms with van der Waals surface area (Å²) in [6.07, 6.45) is 17.0. The maximum absolute atomic E-state index is 12.4. The van der Waals surface area contributed by atoms with E-state index in [1.165, 1.54) is 45.2 Å². The Morgan fingerprint density at radius 3 is 2.71 bits per heavy atom. The number of unbranched alkanes of at least 4 members (excludes halogenated alkanes) is 3. The molecule has 34 heavy (non-hydrogen) atoms. The maximum Gasteiger partial charge on any atom is 0.407 e. The van der Waals surface area contributed by atoms with E-state index in [2.05, 4.69) is 25.2 Å². The van der Waals surface area contributed by atoms with Crippen molar-refractivity contribution in [2.24, 2.45) is 28.6 Å². The Labute approximate surface area is 206 Å². The standard InChI is InChI=1S/C27H46NO5P/c1-26-14-8-9-23(26)22-11-10-20-19-21(12-16-27(20,2)24(22)13-15-26)33-25(29)28-17-6-4-5-7-18-32-34(3,30)31/h10,21-24H,4-9,11-19H2,1-3H3,(H,28,29)(H,30,31)/t21-,22-,23-,24-,26-,27-/m0/s1. The Hall–Kier alpha value is -0.840. The molecule has 6 nitrogen and oxygen atoms in total. The molecule has 4 rings (SSSR count). The average molecular weight is 496 g/mol. The van der Waals surface area contributed by atoms with E-state index >= 15 is 0 Å². The first kappa shape index (κ1) is 26.2. The van der Waals surface area contributed by atoms with E-state index in [0.29, 0.717) is 24.0 Å². The van der Waals surface area contributed by atoms with Crippen LogP contribution in [-0.4, -0.2) is 36.9 Å². The van der Waals surface area contributed by atoms with Crippen LogP contribution in [0.2, 0.25) is 0 Å². The molecule has 7 atom stereocenters. The van der Waals surface area contributed by atoms with Crippen molar-refractivity contribution in [2.75, 3.05) is 19.8 Å². The third-order valence-corrected chi connectivity index (χ3v) is 10.4. The van der Waals surface area contributed by atoms with Crippen LogP contribution in [0.3, 0.4) is 0 Å². The Bertz CT molecular complexity index is 809. The number of allylic oxidation sites excluding steroid dienone is 1. The smallest absolute Gasteiger partial charge is 0.407 e. The highest BCUT2D eigenvalue weighted by molar-refractivity contribution is 7.51. The molecule has 3 saturated carbocycles. The Morgan fingerprint density at radius 1 is 1.12 bits per heavy atom. The molecule has 3 fully saturated rings. The van der Waals surface area contributed by atoms with Crippen molar-refractivity contribution >= 4 is 13.7 Å². The van der Waals surface area contributed by atoms with Gasteiger partial charge in [0.25, 0.3) is 0 Å². The molecule has 1 unspecified atom stereocenters. The van der Waals surface area contributed by atoms with Gasteiger partial charge in [-0.15, -0.1) is 0 Å². The topological polar surface area (TPSA) is 84.9 Å². The van der Waals surface area contributed by atoms with Gasteiger partial charge < -0.3 is 19.5 Å². The van der Waals surface area contributed by atoms with E-state index < -0.39 is 7.60 Å². The minimum Gasteiger partial charge on any atom is -0.446 e. The molecule has 0 heterocycles. The molecule has 0 bridgehead atoms. The zero-order valence-electron chi connectivity index (χ0n) is 21.5. The quantitative estimate of drug-likeness (QED) is 0.208. The van der Waals surface area contributed by atoms with E-state index in [4.69, 9.17) is 14.2 Å². The Kier molecular flexibility index (Phi) is 8.21. The molecule has 0 aliphatic heterocycles. The lowest BCUT2D eigenvalue weighted by Crippen LogP contribution is -2.49. The molecular weight excluding hydrogens is 449 g/mol. The van der Waals surface area contributed by atoms with Gasteiger partial charge >= 0.3 is 13.7 Å². The predicted molar refractivity (Wildman–Crippen MR) is 135 cm³/mol. The number of amides is 1. The van der Waals surface area contributed by atoms with Crippen LogP contribution >= 0.6 is 7.60 Å². The molecule has 7 heteroatoms. The van der Waals surface area contributed by atoms with E-state index in [0.717, 1.165) is 62.7 Å². The van der Waals surface area contributed by atoms with Crippen LogP contribution in [0.1, 0.15) is 97.3 Å². The summed E-state index contributed by atoms with van der Waals surface area (Å²) in [5.74, 6) is 2.58. The minimum atomic E-state index is -3.36. The van der Waals surface area contributed by atoms with E-state index in [1.54, 1.807) is 5.57 Å². The first-order chi connectivity index (χ1) is 16.1. The summed E-state index contributed by atoms with van der Waals surface area (Å²) in [5.41, 5.74) is 2.45. The molecule has 194 valence electrons. The number of nitrogens with one attached hydrogen (secondary N) is 1. The maximum atomic E-state index is 12.4. The average Bonchev–Trinajstić information content (AvgIpc) is 3.17. The van der Waals surface area contributed by atoms with Gasteiger partial charge in [-0.2, -0.15) is 0 Å². The number of hydrogen-bond donors (Lipinski definition) is 2. The van der Waals surface area contributed by atoms with Gasteiger partial charge in [0.05, 0.1) is 6.61 Å². The van der Waals surface area contributed by atoms with E-state index in [9.17, 15) is 9.36 Å². The van der Waals surface area contributed by atoms with Crippen molar-refractivity contribution in [1.29, 1.82) is 0 Å². The molecule has 4 aliphatic carbocycles. The third-order valence-electron chi connectivity index (χ3n) is 9.78. The molecule has 0 radical (unpaired) electrons. The van der Waals surface area contributed by atoms with Gasteiger partial charge in [0.2, 0.25) is 0 Å². The lowest BCUT2D eigenvalue weighted by atomic mass is 9.48. The molecule has 0 saturated heterocycles. The summed E-state index contributed by atoms with van der Waals surface area (Å²) < 4.78 is 21.8. The largest absolute Gasteiger partial charge is 0.446 e. The highest BCUT2D eigenvalue weighted by Gasteiger charge is 2.55. The van der Waals surface area contributed by atoms with Crippen LogP contribution in [0, 0.1) is 28.6 Å². The van der Waals surface area contributed by atoms with Crippen molar-refractivity contribution < 1.29 is 23.5 Å². The normalized spacial score (nSPS) is 38.6. The van der Waals surface area contributed by atoms with Crippen molar-refractivity contribution in [3.63, 3.8) is 0 Å². The van der Waals surface area contributed by atoms with Crippen LogP contribution in [-0.2, 0) is 13.8 Å². The number of ether oxygens (including phenoxy) is 1. The summed E-state index contributed by atoms with van der Waals surface area (Å²) in [5, 5.41) is 2.90. The molecular formula is C27H46NO5P. The number of carbonyl (C=O) groups is 1. The fraction of sp³-hybridized carbons (Fsp3) is 0.889. The zero-order valence-corrected chi connectivity index (χ0v) is 22.4. The molecule has 2 N–H and O–H groups in total. The molecule has 0 aromatic heterocycles. The van der Waals surface area contributed by atoms with Crippen molar-refractivity contribution in [1.82, 2.24) is 5.32 Å². The first-order valence-corrected chi connectivity index (χ1v) is 15.7. The molecule has 0 aromatic rings. The molecule has 1 amide bonds. The number of hydrogen-bond acceptors (Lipinski definition) is 4. The number of carbonyl (C=O) groups excluding carboxylic acids is 1. The fourth-order valence-electron chi connectivity index (χ4n) is 7.92. The van der Waals surface area contributed by atoms with Crippen LogP contribution in [0.25, 0.3) is 0 Å². The summed E-state index contributed by atoms with van der Waals surface area (Å²) in [6, 6.07) is 0. The van der Waals surface area contributed by atoms with E-state index in [1.807, 2.05) is 0 Å². The molecule has 0 aromatic carbocycles. The number of alkyl carbamates (subject to hydrolysis) is 1. The second kappa shape index (κ2) is 10.6. The highest BCUT2D eigenvalue weighted by Crippen LogP contribution is 2.64. The second-order valence-electron chi connectivity index (χ2n) is 12.1. The predicted octanol–water partition coefficient (Wildman–Crippen LogP) is 6.83. The van der Waals surface area contributed by atoms with Gasteiger partial charge in [-0.1, -0.05) is 44.8 Å². The molecule has 4 aliphatic rings. The second-order valence-corrected chi connectivity index (χ2v) is 14.0. The van der Waals surface area contributed by atoms with Gasteiger partial charge in [0.15, 0.2) is 0 Å². The fourth-order valence-corrected chi connectivity index (χ4v) is 8.39. The van der Waals surface area contributed by atoms with Gasteiger partial charge in [0, 0.05) is 19.6 Å². The monoisotopic (exact) mass is 495 g/mol. The van der Waals surface area contributed by atoms with Crippen molar-refractivity contribution in [3.05, 3.63) is 11.6 Å². The van der Waals surface area contributed by atoms with Gasteiger partial charge in [-0.3, -0.25) is 4.57 Å². The van der Waals surface area contributed by atoms with Crippen molar-refractivity contribution in [2.45, 2.75) is 103 Å². The Morgan fingerprint density at radius 2 is 1.91 bits per heavy atom. The minimum absolute atomic E-state index is 0.00317. The van der Waals surface area contributed by atoms with Crippen LogP contribution in [0.4, 0.5) is 4.79 Å². The summed E-state index contributed by atoms with van der Waals surface area (Å²) in [6.45, 7) is 7.18. The van der Waals surface area contributed by atoms with Crippen LogP contribution in [0.5, 0.6) is 0 Å². The van der Waals surface area contributed by atoms with Crippen molar-refractivity contribution in [3.8, 4) is 0 Å². The summed E-state index contributed by atoms with van der Waals surface area (Å²) >= 11 is 0. The third kappa shape index (κ3) is 5.93. The zero-order chi connectivity index (χ0) is 24.4. The van der Waals surface area contributed by atoms with Gasteiger partial charge in [-0.25, -0.2) is 4.79 Å². The lowest BCUT2D eigenvalue weighted by molar-refractivity contribution is -0.0377. The first-order valence-electron chi connectivity index (χ1n) is 13.7. The van der Waals surface area contributed by atoms with Crippen LogP contribution in [0.15, 0.2) is 11.6 Å². The molecule has 0 spiro atoms. The van der Waals surface area contributed by atoms with E-state index in [-0.39, 0.29) is 12.2 Å². The van der Waals surface area contributed by atoms with Gasteiger partial charge in [-0.05, 0) is 86.4 Å². The summed E-state index contributed by atoms with van der Waals surface area (Å²) in [4.78, 5) is 21.4. The highest BCUT2D eigenvalue weighted by atomic mass is 31.2. The number of fused-ring (bicyclic) bond motifs is 5. The summed E-state index contributed by atoms with van der Waals surface area (Å²) in [7, 11) is -3.36. The van der Waals surface area contributed by atoms with Crippen LogP contribution < -0.4 is 5.32 Å². The van der Waals surface area contributed by atoms with Gasteiger partial charge in [0.1, 0.15) is 6.10 Å². The Balaban J connectivity index is 1.18. The lowest BCUT2D eigenvalue weighted by Gasteiger charge is -2.57.